The van der Waals surface area contributed by atoms with Crippen LogP contribution in [0.15, 0.2) is 42.5 Å². The van der Waals surface area contributed by atoms with E-state index in [0.29, 0.717) is 39.2 Å². The van der Waals surface area contributed by atoms with Gasteiger partial charge in [0.25, 0.3) is 5.91 Å². The maximum absolute atomic E-state index is 13.1. The second-order valence-corrected chi connectivity index (χ2v) is 6.59. The standard InChI is InChI=1S/C20H18ClNO4/c1-3-15(20(25)26)18-11(2)22(17-8-7-14(23)10-16(17)18)19(24)12-5-4-6-13(21)9-12/h4-10,15,23H,3H2,1-2H3,(H,25,26). The van der Waals surface area contributed by atoms with Crippen molar-refractivity contribution in [1.82, 2.24) is 4.57 Å². The van der Waals surface area contributed by atoms with Gasteiger partial charge < -0.3 is 10.2 Å². The summed E-state index contributed by atoms with van der Waals surface area (Å²) in [6.07, 6.45) is 0.371. The number of aromatic nitrogens is 1. The van der Waals surface area contributed by atoms with Crippen LogP contribution in [0.5, 0.6) is 5.75 Å². The number of aromatic hydroxyl groups is 1. The molecule has 0 aliphatic carbocycles. The van der Waals surface area contributed by atoms with E-state index in [1.807, 2.05) is 0 Å². The third-order valence-corrected chi connectivity index (χ3v) is 4.80. The monoisotopic (exact) mass is 371 g/mol. The summed E-state index contributed by atoms with van der Waals surface area (Å²) in [5.41, 5.74) is 2.05. The summed E-state index contributed by atoms with van der Waals surface area (Å²) in [5.74, 6) is -2.01. The van der Waals surface area contributed by atoms with E-state index in [1.54, 1.807) is 44.2 Å². The lowest BCUT2D eigenvalue weighted by atomic mass is 9.94. The van der Waals surface area contributed by atoms with Crippen molar-refractivity contribution in [2.75, 3.05) is 0 Å². The van der Waals surface area contributed by atoms with Crippen molar-refractivity contribution >= 4 is 34.4 Å². The van der Waals surface area contributed by atoms with Gasteiger partial charge in [-0.2, -0.15) is 0 Å². The quantitative estimate of drug-likeness (QED) is 0.703. The van der Waals surface area contributed by atoms with Gasteiger partial charge >= 0.3 is 5.97 Å². The molecular weight excluding hydrogens is 354 g/mol. The smallest absolute Gasteiger partial charge is 0.311 e. The highest BCUT2D eigenvalue weighted by atomic mass is 35.5. The summed E-state index contributed by atoms with van der Waals surface area (Å²) in [5, 5.41) is 20.5. The van der Waals surface area contributed by atoms with E-state index < -0.39 is 11.9 Å². The Morgan fingerprint density at radius 2 is 1.92 bits per heavy atom. The Balaban J connectivity index is 2.31. The van der Waals surface area contributed by atoms with E-state index in [-0.39, 0.29) is 11.7 Å². The van der Waals surface area contributed by atoms with Crippen molar-refractivity contribution in [3.8, 4) is 5.75 Å². The van der Waals surface area contributed by atoms with Crippen LogP contribution in [-0.2, 0) is 4.79 Å². The van der Waals surface area contributed by atoms with E-state index in [1.165, 1.54) is 16.7 Å². The fourth-order valence-electron chi connectivity index (χ4n) is 3.39. The van der Waals surface area contributed by atoms with Crippen molar-refractivity contribution in [3.63, 3.8) is 0 Å². The second-order valence-electron chi connectivity index (χ2n) is 6.15. The Kier molecular flexibility index (Phi) is 4.74. The van der Waals surface area contributed by atoms with Crippen LogP contribution < -0.4 is 0 Å². The molecule has 1 unspecified atom stereocenters. The molecule has 0 radical (unpaired) electrons. The number of fused-ring (bicyclic) bond motifs is 1. The fraction of sp³-hybridized carbons (Fsp3) is 0.200. The highest BCUT2D eigenvalue weighted by Gasteiger charge is 2.28. The number of carbonyl (C=O) groups is 2. The van der Waals surface area contributed by atoms with Gasteiger partial charge in [-0.1, -0.05) is 24.6 Å². The summed E-state index contributed by atoms with van der Waals surface area (Å²) in [6.45, 7) is 3.50. The minimum Gasteiger partial charge on any atom is -0.508 e. The van der Waals surface area contributed by atoms with E-state index in [0.717, 1.165) is 0 Å². The first kappa shape index (κ1) is 18.0. The van der Waals surface area contributed by atoms with E-state index in [2.05, 4.69) is 0 Å². The van der Waals surface area contributed by atoms with Crippen LogP contribution in [0.1, 0.15) is 40.9 Å². The number of phenols is 1. The fourth-order valence-corrected chi connectivity index (χ4v) is 3.58. The number of nitrogens with zero attached hydrogens (tertiary/aromatic N) is 1. The van der Waals surface area contributed by atoms with Gasteiger partial charge in [0, 0.05) is 21.7 Å². The third kappa shape index (κ3) is 2.95. The molecular formula is C20H18ClNO4. The summed E-state index contributed by atoms with van der Waals surface area (Å²) in [4.78, 5) is 24.8. The SMILES string of the molecule is CCC(C(=O)O)c1c(C)n(C(=O)c2cccc(Cl)c2)c2ccc(O)cc12. The normalized spacial score (nSPS) is 12.3. The van der Waals surface area contributed by atoms with Crippen LogP contribution >= 0.6 is 11.6 Å². The molecule has 0 saturated carbocycles. The second kappa shape index (κ2) is 6.84. The van der Waals surface area contributed by atoms with Crippen LogP contribution in [0.2, 0.25) is 5.02 Å². The lowest BCUT2D eigenvalue weighted by molar-refractivity contribution is -0.138. The zero-order chi connectivity index (χ0) is 19.0. The molecule has 1 heterocycles. The van der Waals surface area contributed by atoms with Gasteiger partial charge in [0.15, 0.2) is 0 Å². The van der Waals surface area contributed by atoms with Gasteiger partial charge in [-0.15, -0.1) is 0 Å². The zero-order valence-electron chi connectivity index (χ0n) is 14.4. The van der Waals surface area contributed by atoms with Crippen LogP contribution in [0.25, 0.3) is 10.9 Å². The zero-order valence-corrected chi connectivity index (χ0v) is 15.1. The highest BCUT2D eigenvalue weighted by molar-refractivity contribution is 6.31. The molecule has 3 aromatic rings. The molecule has 0 aliphatic heterocycles. The molecule has 26 heavy (non-hydrogen) atoms. The van der Waals surface area contributed by atoms with Gasteiger partial charge in [-0.25, -0.2) is 0 Å². The Morgan fingerprint density at radius 3 is 2.54 bits per heavy atom. The molecule has 2 aromatic carbocycles. The van der Waals surface area contributed by atoms with Gasteiger partial charge in [0.05, 0.1) is 11.4 Å². The molecule has 1 aromatic heterocycles. The maximum atomic E-state index is 13.1. The molecule has 0 fully saturated rings. The first-order valence-electron chi connectivity index (χ1n) is 8.22. The molecule has 0 bridgehead atoms. The molecule has 134 valence electrons. The van der Waals surface area contributed by atoms with Gasteiger partial charge in [-0.3, -0.25) is 14.2 Å². The number of phenolic OH excluding ortho intramolecular Hbond substituents is 1. The number of hydrogen-bond acceptors (Lipinski definition) is 3. The number of carboxylic acids is 1. The van der Waals surface area contributed by atoms with E-state index >= 15 is 0 Å². The van der Waals surface area contributed by atoms with E-state index in [4.69, 9.17) is 11.6 Å². The largest absolute Gasteiger partial charge is 0.508 e. The number of benzene rings is 2. The summed E-state index contributed by atoms with van der Waals surface area (Å²) < 4.78 is 1.49. The predicted molar refractivity (Wildman–Crippen MR) is 100 cm³/mol. The molecule has 2 N–H and O–H groups in total. The molecule has 5 nitrogen and oxygen atoms in total. The molecule has 0 saturated heterocycles. The minimum atomic E-state index is -0.965. The minimum absolute atomic E-state index is 0.0198. The predicted octanol–water partition coefficient (Wildman–Crippen LogP) is 4.58. The Bertz CT molecular complexity index is 1020. The first-order valence-corrected chi connectivity index (χ1v) is 8.60. The molecule has 0 spiro atoms. The summed E-state index contributed by atoms with van der Waals surface area (Å²) >= 11 is 6.00. The van der Waals surface area contributed by atoms with E-state index in [9.17, 15) is 19.8 Å². The van der Waals surface area contributed by atoms with Gasteiger partial charge in [0.1, 0.15) is 5.75 Å². The first-order chi connectivity index (χ1) is 12.3. The number of halogens is 1. The summed E-state index contributed by atoms with van der Waals surface area (Å²) in [7, 11) is 0. The topological polar surface area (TPSA) is 79.5 Å². The maximum Gasteiger partial charge on any atom is 0.311 e. The number of hydrogen-bond donors (Lipinski definition) is 2. The summed E-state index contributed by atoms with van der Waals surface area (Å²) in [6, 6.07) is 11.2. The third-order valence-electron chi connectivity index (χ3n) is 4.57. The highest BCUT2D eigenvalue weighted by Crippen LogP contribution is 2.36. The van der Waals surface area contributed by atoms with Crippen molar-refractivity contribution in [2.45, 2.75) is 26.2 Å². The van der Waals surface area contributed by atoms with Crippen LogP contribution in [0, 0.1) is 6.92 Å². The lowest BCUT2D eigenvalue weighted by Gasteiger charge is -2.12. The number of rotatable bonds is 4. The van der Waals surface area contributed by atoms with Crippen molar-refractivity contribution in [1.29, 1.82) is 0 Å². The Morgan fingerprint density at radius 1 is 1.19 bits per heavy atom. The number of carboxylic acid groups (broad SMARTS) is 1. The molecule has 0 amide bonds. The Labute approximate surface area is 155 Å². The molecule has 1 atom stereocenters. The average Bonchev–Trinajstić information content (AvgIpc) is 2.87. The average molecular weight is 372 g/mol. The van der Waals surface area contributed by atoms with Crippen LogP contribution in [0.3, 0.4) is 0 Å². The van der Waals surface area contributed by atoms with Gasteiger partial charge in [-0.05, 0) is 55.3 Å². The molecule has 3 rings (SSSR count). The van der Waals surface area contributed by atoms with Crippen molar-refractivity contribution in [3.05, 3.63) is 64.3 Å². The van der Waals surface area contributed by atoms with Crippen LogP contribution in [-0.4, -0.2) is 26.7 Å². The molecule has 0 aliphatic rings. The van der Waals surface area contributed by atoms with Crippen molar-refractivity contribution < 1.29 is 19.8 Å². The molecule has 6 heteroatoms. The van der Waals surface area contributed by atoms with Gasteiger partial charge in [0.2, 0.25) is 0 Å². The van der Waals surface area contributed by atoms with Crippen LogP contribution in [0.4, 0.5) is 0 Å². The Hall–Kier alpha value is -2.79. The number of aliphatic carboxylic acids is 1. The number of carbonyl (C=O) groups excluding carboxylic acids is 1. The van der Waals surface area contributed by atoms with Crippen molar-refractivity contribution in [2.24, 2.45) is 0 Å². The lowest BCUT2D eigenvalue weighted by Crippen LogP contribution is -2.16.